The van der Waals surface area contributed by atoms with Crippen LogP contribution in [0.15, 0.2) is 0 Å². The molecule has 15 heavy (non-hydrogen) atoms. The number of hydrogen-bond acceptors (Lipinski definition) is 1. The zero-order valence-corrected chi connectivity index (χ0v) is 10.8. The number of carbonyl (C=O) groups excluding carboxylic acids is 1. The van der Waals surface area contributed by atoms with E-state index in [9.17, 15) is 4.79 Å². The van der Waals surface area contributed by atoms with Crippen LogP contribution in [0.5, 0.6) is 0 Å². The summed E-state index contributed by atoms with van der Waals surface area (Å²) >= 11 is 0. The Balaban J connectivity index is 2.52. The molecule has 2 atom stereocenters. The van der Waals surface area contributed by atoms with Crippen molar-refractivity contribution in [2.24, 2.45) is 17.3 Å². The molecule has 0 aromatic rings. The van der Waals surface area contributed by atoms with Crippen LogP contribution in [0.4, 0.5) is 0 Å². The van der Waals surface area contributed by atoms with E-state index in [-0.39, 0.29) is 0 Å². The number of carbonyl (C=O) groups is 1. The molecule has 1 saturated carbocycles. The third-order valence-corrected chi connectivity index (χ3v) is 3.85. The Morgan fingerprint density at radius 2 is 1.93 bits per heavy atom. The lowest BCUT2D eigenvalue weighted by atomic mass is 9.68. The summed E-state index contributed by atoms with van der Waals surface area (Å²) in [6, 6.07) is 0. The summed E-state index contributed by atoms with van der Waals surface area (Å²) in [6.07, 6.45) is 6.66. The maximum atomic E-state index is 11.9. The topological polar surface area (TPSA) is 17.1 Å². The highest BCUT2D eigenvalue weighted by Crippen LogP contribution is 2.40. The molecule has 0 radical (unpaired) electrons. The molecule has 0 N–H and O–H groups in total. The average Bonchev–Trinajstić information content (AvgIpc) is 2.17. The first-order valence-electron chi connectivity index (χ1n) is 6.48. The van der Waals surface area contributed by atoms with E-state index in [2.05, 4.69) is 27.7 Å². The second kappa shape index (κ2) is 5.14. The molecule has 1 aliphatic carbocycles. The molecule has 88 valence electrons. The van der Waals surface area contributed by atoms with Crippen molar-refractivity contribution in [1.82, 2.24) is 0 Å². The number of rotatable bonds is 3. The van der Waals surface area contributed by atoms with Crippen molar-refractivity contribution in [2.45, 2.75) is 66.2 Å². The highest BCUT2D eigenvalue weighted by atomic mass is 16.1. The van der Waals surface area contributed by atoms with Gasteiger partial charge in [0.2, 0.25) is 0 Å². The molecule has 1 fully saturated rings. The van der Waals surface area contributed by atoms with E-state index in [1.807, 2.05) is 0 Å². The van der Waals surface area contributed by atoms with Gasteiger partial charge in [-0.05, 0) is 37.0 Å². The van der Waals surface area contributed by atoms with Gasteiger partial charge in [0.1, 0.15) is 5.78 Å². The molecule has 0 heterocycles. The molecule has 2 unspecified atom stereocenters. The molecule has 1 aliphatic rings. The van der Waals surface area contributed by atoms with Crippen molar-refractivity contribution in [3.63, 3.8) is 0 Å². The Kier molecular flexibility index (Phi) is 4.36. The summed E-state index contributed by atoms with van der Waals surface area (Å²) in [4.78, 5) is 11.9. The lowest BCUT2D eigenvalue weighted by Crippen LogP contribution is -2.30. The van der Waals surface area contributed by atoms with Crippen LogP contribution in [0, 0.1) is 17.3 Å². The SMILES string of the molecule is CCCC(=O)C1CCCC(C(C)(C)C)C1. The molecule has 0 bridgehead atoms. The average molecular weight is 210 g/mol. The number of ketones is 1. The minimum Gasteiger partial charge on any atom is -0.299 e. The van der Waals surface area contributed by atoms with Crippen molar-refractivity contribution >= 4 is 5.78 Å². The van der Waals surface area contributed by atoms with E-state index in [0.717, 1.165) is 31.6 Å². The molecule has 0 saturated heterocycles. The van der Waals surface area contributed by atoms with E-state index in [1.165, 1.54) is 12.8 Å². The number of hydrogen-bond donors (Lipinski definition) is 0. The van der Waals surface area contributed by atoms with Gasteiger partial charge in [-0.25, -0.2) is 0 Å². The minimum absolute atomic E-state index is 0.378. The second-order valence-corrected chi connectivity index (χ2v) is 6.14. The molecule has 0 aromatic carbocycles. The molecular weight excluding hydrogens is 184 g/mol. The summed E-state index contributed by atoms with van der Waals surface area (Å²) in [6.45, 7) is 9.03. The van der Waals surface area contributed by atoms with Crippen LogP contribution in [0.25, 0.3) is 0 Å². The van der Waals surface area contributed by atoms with Crippen LogP contribution in [-0.2, 0) is 4.79 Å². The van der Waals surface area contributed by atoms with Crippen LogP contribution >= 0.6 is 0 Å². The van der Waals surface area contributed by atoms with Crippen LogP contribution in [0.3, 0.4) is 0 Å². The molecule has 0 spiro atoms. The van der Waals surface area contributed by atoms with Gasteiger partial charge in [0.15, 0.2) is 0 Å². The van der Waals surface area contributed by atoms with Gasteiger partial charge in [-0.15, -0.1) is 0 Å². The first-order valence-corrected chi connectivity index (χ1v) is 6.48. The molecule has 1 nitrogen and oxygen atoms in total. The van der Waals surface area contributed by atoms with Gasteiger partial charge in [0.25, 0.3) is 0 Å². The van der Waals surface area contributed by atoms with Gasteiger partial charge in [0, 0.05) is 12.3 Å². The van der Waals surface area contributed by atoms with Crippen LogP contribution in [0.1, 0.15) is 66.2 Å². The van der Waals surface area contributed by atoms with E-state index in [4.69, 9.17) is 0 Å². The Morgan fingerprint density at radius 1 is 1.27 bits per heavy atom. The summed E-state index contributed by atoms with van der Waals surface area (Å²) in [7, 11) is 0. The summed E-state index contributed by atoms with van der Waals surface area (Å²) in [5, 5.41) is 0. The lowest BCUT2D eigenvalue weighted by molar-refractivity contribution is -0.124. The fourth-order valence-corrected chi connectivity index (χ4v) is 2.72. The molecule has 1 heteroatoms. The molecule has 0 aromatic heterocycles. The number of Topliss-reactive ketones (excluding diaryl/α,β-unsaturated/α-hetero) is 1. The lowest BCUT2D eigenvalue weighted by Gasteiger charge is -2.37. The van der Waals surface area contributed by atoms with Gasteiger partial charge < -0.3 is 0 Å². The largest absolute Gasteiger partial charge is 0.299 e. The Hall–Kier alpha value is -0.330. The normalized spacial score (nSPS) is 27.7. The van der Waals surface area contributed by atoms with Gasteiger partial charge in [0.05, 0.1) is 0 Å². The van der Waals surface area contributed by atoms with E-state index in [1.54, 1.807) is 0 Å². The Labute approximate surface area is 94.6 Å². The van der Waals surface area contributed by atoms with Crippen LogP contribution in [-0.4, -0.2) is 5.78 Å². The fraction of sp³-hybridized carbons (Fsp3) is 0.929. The summed E-state index contributed by atoms with van der Waals surface area (Å²) < 4.78 is 0. The molecule has 0 amide bonds. The standard InChI is InChI=1S/C14H26O/c1-5-7-13(15)11-8-6-9-12(10-11)14(2,3)4/h11-12H,5-10H2,1-4H3. The zero-order valence-electron chi connectivity index (χ0n) is 10.8. The zero-order chi connectivity index (χ0) is 11.5. The van der Waals surface area contributed by atoms with Gasteiger partial charge in [-0.1, -0.05) is 34.1 Å². The third kappa shape index (κ3) is 3.62. The Bertz CT molecular complexity index is 212. The van der Waals surface area contributed by atoms with Gasteiger partial charge in [-0.2, -0.15) is 0 Å². The molecule has 1 rings (SSSR count). The van der Waals surface area contributed by atoms with Crippen LogP contribution in [0.2, 0.25) is 0 Å². The maximum absolute atomic E-state index is 11.9. The smallest absolute Gasteiger partial charge is 0.135 e. The second-order valence-electron chi connectivity index (χ2n) is 6.14. The highest BCUT2D eigenvalue weighted by molar-refractivity contribution is 5.81. The van der Waals surface area contributed by atoms with Gasteiger partial charge >= 0.3 is 0 Å². The Morgan fingerprint density at radius 3 is 2.47 bits per heavy atom. The highest BCUT2D eigenvalue weighted by Gasteiger charge is 2.32. The summed E-state index contributed by atoms with van der Waals surface area (Å²) in [5.74, 6) is 1.64. The van der Waals surface area contributed by atoms with Crippen molar-refractivity contribution < 1.29 is 4.79 Å². The van der Waals surface area contributed by atoms with E-state index < -0.39 is 0 Å². The fourth-order valence-electron chi connectivity index (χ4n) is 2.72. The maximum Gasteiger partial charge on any atom is 0.135 e. The van der Waals surface area contributed by atoms with Crippen LogP contribution < -0.4 is 0 Å². The van der Waals surface area contributed by atoms with Gasteiger partial charge in [-0.3, -0.25) is 4.79 Å². The monoisotopic (exact) mass is 210 g/mol. The predicted molar refractivity (Wildman–Crippen MR) is 64.8 cm³/mol. The van der Waals surface area contributed by atoms with Crippen molar-refractivity contribution in [3.8, 4) is 0 Å². The van der Waals surface area contributed by atoms with Crippen molar-refractivity contribution in [1.29, 1.82) is 0 Å². The predicted octanol–water partition coefficient (Wildman–Crippen LogP) is 4.21. The molecule has 0 aliphatic heterocycles. The van der Waals surface area contributed by atoms with E-state index in [0.29, 0.717) is 17.1 Å². The first-order chi connectivity index (χ1) is 6.95. The quantitative estimate of drug-likeness (QED) is 0.682. The van der Waals surface area contributed by atoms with E-state index >= 15 is 0 Å². The minimum atomic E-state index is 0.378. The summed E-state index contributed by atoms with van der Waals surface area (Å²) in [5.41, 5.74) is 0.380. The van der Waals surface area contributed by atoms with Crippen molar-refractivity contribution in [3.05, 3.63) is 0 Å². The third-order valence-electron chi connectivity index (χ3n) is 3.85. The van der Waals surface area contributed by atoms with Crippen molar-refractivity contribution in [2.75, 3.05) is 0 Å². The molecular formula is C14H26O. The first kappa shape index (κ1) is 12.7.